The third-order valence-corrected chi connectivity index (χ3v) is 4.77. The Bertz CT molecular complexity index is 601. The Hall–Kier alpha value is -1.36. The van der Waals surface area contributed by atoms with Crippen molar-refractivity contribution in [2.24, 2.45) is 5.92 Å². The maximum atomic E-state index is 6.28. The highest BCUT2D eigenvalue weighted by Gasteiger charge is 2.34. The number of aryl methyl sites for hydroxylation is 1. The number of alkyl halides is 1. The molecule has 1 N–H and O–H groups in total. The summed E-state index contributed by atoms with van der Waals surface area (Å²) in [5, 5.41) is 7.87. The van der Waals surface area contributed by atoms with E-state index >= 15 is 0 Å². The summed E-state index contributed by atoms with van der Waals surface area (Å²) in [7, 11) is 0. The van der Waals surface area contributed by atoms with Gasteiger partial charge < -0.3 is 5.32 Å². The highest BCUT2D eigenvalue weighted by Crippen LogP contribution is 2.35. The summed E-state index contributed by atoms with van der Waals surface area (Å²) in [6.45, 7) is 4.28. The predicted molar refractivity (Wildman–Crippen MR) is 80.2 cm³/mol. The molecule has 0 unspecified atom stereocenters. The molecule has 5 nitrogen and oxygen atoms in total. The molecule has 1 aliphatic rings. The molecule has 2 aromatic heterocycles. The minimum atomic E-state index is -0.0409. The number of halogens is 1. The minimum Gasteiger partial charge on any atom is -0.363 e. The van der Waals surface area contributed by atoms with E-state index in [0.29, 0.717) is 11.7 Å². The van der Waals surface area contributed by atoms with Crippen molar-refractivity contribution in [3.63, 3.8) is 0 Å². The van der Waals surface area contributed by atoms with Gasteiger partial charge >= 0.3 is 0 Å². The van der Waals surface area contributed by atoms with Crippen molar-refractivity contribution in [1.82, 2.24) is 19.6 Å². The first-order valence-corrected chi connectivity index (χ1v) is 7.67. The van der Waals surface area contributed by atoms with Gasteiger partial charge in [-0.25, -0.2) is 4.98 Å². The number of hydrogen-bond donors (Lipinski definition) is 1. The van der Waals surface area contributed by atoms with Gasteiger partial charge in [0.2, 0.25) is 0 Å². The molecule has 0 spiro atoms. The second kappa shape index (κ2) is 5.20. The van der Waals surface area contributed by atoms with Crippen molar-refractivity contribution >= 4 is 23.2 Å². The molecule has 0 amide bonds. The molecule has 2 heterocycles. The van der Waals surface area contributed by atoms with Gasteiger partial charge in [0.25, 0.3) is 5.78 Å². The van der Waals surface area contributed by atoms with Gasteiger partial charge in [-0.05, 0) is 38.5 Å². The third-order valence-electron chi connectivity index (χ3n) is 4.26. The lowest BCUT2D eigenvalue weighted by molar-refractivity contribution is 0.286. The Morgan fingerprint density at radius 1 is 1.45 bits per heavy atom. The number of nitrogens with zero attached hydrogens (tertiary/aromatic N) is 4. The Labute approximate surface area is 123 Å². The molecule has 0 radical (unpaired) electrons. The molecule has 1 fully saturated rings. The van der Waals surface area contributed by atoms with Crippen molar-refractivity contribution in [3.8, 4) is 0 Å². The van der Waals surface area contributed by atoms with E-state index < -0.39 is 0 Å². The lowest BCUT2D eigenvalue weighted by Crippen LogP contribution is -2.44. The van der Waals surface area contributed by atoms with Crippen LogP contribution in [0, 0.1) is 12.8 Å². The second-order valence-electron chi connectivity index (χ2n) is 5.98. The first-order chi connectivity index (χ1) is 9.62. The molecule has 0 aromatic carbocycles. The first kappa shape index (κ1) is 13.6. The molecular formula is C14H20ClN5. The fourth-order valence-electron chi connectivity index (χ4n) is 2.90. The summed E-state index contributed by atoms with van der Waals surface area (Å²) >= 11 is 6.28. The van der Waals surface area contributed by atoms with Gasteiger partial charge in [-0.2, -0.15) is 14.6 Å². The highest BCUT2D eigenvalue weighted by atomic mass is 35.5. The number of rotatable bonds is 3. The average molecular weight is 294 g/mol. The van der Waals surface area contributed by atoms with Crippen LogP contribution in [-0.2, 0) is 0 Å². The van der Waals surface area contributed by atoms with Crippen LogP contribution in [-0.4, -0.2) is 31.0 Å². The van der Waals surface area contributed by atoms with Gasteiger partial charge in [0, 0.05) is 17.6 Å². The second-order valence-corrected chi connectivity index (χ2v) is 6.24. The maximum Gasteiger partial charge on any atom is 0.254 e. The smallest absolute Gasteiger partial charge is 0.254 e. The Morgan fingerprint density at radius 3 is 2.90 bits per heavy atom. The van der Waals surface area contributed by atoms with Gasteiger partial charge in [0.1, 0.15) is 12.1 Å². The third kappa shape index (κ3) is 2.46. The van der Waals surface area contributed by atoms with Crippen molar-refractivity contribution in [2.45, 2.75) is 45.1 Å². The molecule has 0 bridgehead atoms. The van der Waals surface area contributed by atoms with Crippen LogP contribution in [0.4, 0.5) is 5.82 Å². The van der Waals surface area contributed by atoms with Crippen LogP contribution < -0.4 is 5.32 Å². The number of anilines is 1. The van der Waals surface area contributed by atoms with Gasteiger partial charge in [0.15, 0.2) is 0 Å². The fraction of sp³-hybridized carbons (Fsp3) is 0.643. The lowest BCUT2D eigenvalue weighted by atomic mass is 9.78. The van der Waals surface area contributed by atoms with Crippen molar-refractivity contribution < 1.29 is 0 Å². The summed E-state index contributed by atoms with van der Waals surface area (Å²) in [5.41, 5.74) is 0.891. The number of hydrogen-bond acceptors (Lipinski definition) is 4. The number of aromatic nitrogens is 4. The average Bonchev–Trinajstić information content (AvgIpc) is 2.90. The van der Waals surface area contributed by atoms with Crippen LogP contribution in [0.25, 0.3) is 5.78 Å². The molecule has 0 saturated heterocycles. The molecular weight excluding hydrogens is 274 g/mol. The largest absolute Gasteiger partial charge is 0.363 e. The van der Waals surface area contributed by atoms with Gasteiger partial charge in [-0.1, -0.05) is 6.92 Å². The van der Waals surface area contributed by atoms with Crippen LogP contribution in [0.3, 0.4) is 0 Å². The van der Waals surface area contributed by atoms with E-state index in [4.69, 9.17) is 11.6 Å². The summed E-state index contributed by atoms with van der Waals surface area (Å²) in [4.78, 5) is 8.53. The summed E-state index contributed by atoms with van der Waals surface area (Å²) < 4.78 is 1.75. The van der Waals surface area contributed by atoms with E-state index in [0.717, 1.165) is 30.3 Å². The van der Waals surface area contributed by atoms with Crippen molar-refractivity contribution in [1.29, 1.82) is 0 Å². The van der Waals surface area contributed by atoms with Gasteiger partial charge in [-0.3, -0.25) is 0 Å². The molecule has 0 atom stereocenters. The fourth-order valence-corrected chi connectivity index (χ4v) is 3.23. The zero-order valence-corrected chi connectivity index (χ0v) is 12.7. The number of nitrogens with one attached hydrogen (secondary N) is 1. The quantitative estimate of drug-likeness (QED) is 0.884. The first-order valence-electron chi connectivity index (χ1n) is 7.13. The van der Waals surface area contributed by atoms with Gasteiger partial charge in [0.05, 0.1) is 5.54 Å². The van der Waals surface area contributed by atoms with E-state index in [9.17, 15) is 0 Å². The van der Waals surface area contributed by atoms with Crippen LogP contribution in [0.5, 0.6) is 0 Å². The topological polar surface area (TPSA) is 55.1 Å². The summed E-state index contributed by atoms with van der Waals surface area (Å²) in [6.07, 6.45) is 6.14. The van der Waals surface area contributed by atoms with Crippen LogP contribution in [0.2, 0.25) is 0 Å². The molecule has 6 heteroatoms. The molecule has 1 saturated carbocycles. The molecule has 20 heavy (non-hydrogen) atoms. The van der Waals surface area contributed by atoms with Gasteiger partial charge in [-0.15, -0.1) is 11.6 Å². The predicted octanol–water partition coefficient (Wildman–Crippen LogP) is 3.03. The van der Waals surface area contributed by atoms with E-state index in [1.807, 2.05) is 13.0 Å². The molecule has 2 aromatic rings. The van der Waals surface area contributed by atoms with Crippen molar-refractivity contribution in [3.05, 3.63) is 18.1 Å². The normalized spacial score (nSPS) is 26.9. The number of fused-ring (bicyclic) bond motifs is 1. The highest BCUT2D eigenvalue weighted by molar-refractivity contribution is 6.18. The lowest BCUT2D eigenvalue weighted by Gasteiger charge is -2.39. The summed E-state index contributed by atoms with van der Waals surface area (Å²) in [6, 6.07) is 2.01. The van der Waals surface area contributed by atoms with Crippen LogP contribution in [0.15, 0.2) is 12.4 Å². The monoisotopic (exact) mass is 293 g/mol. The SMILES string of the molecule is Cc1cc(NC2(CCl)CCC(C)CC2)n2ncnc2n1. The van der Waals surface area contributed by atoms with E-state index in [1.54, 1.807) is 4.52 Å². The van der Waals surface area contributed by atoms with Crippen LogP contribution in [0.1, 0.15) is 38.3 Å². The van der Waals surface area contributed by atoms with E-state index in [1.165, 1.54) is 19.2 Å². The Kier molecular flexibility index (Phi) is 3.54. The van der Waals surface area contributed by atoms with E-state index in [2.05, 4.69) is 27.3 Å². The molecule has 1 aliphatic carbocycles. The van der Waals surface area contributed by atoms with E-state index in [-0.39, 0.29) is 5.54 Å². The molecule has 108 valence electrons. The molecule has 0 aliphatic heterocycles. The minimum absolute atomic E-state index is 0.0409. The Balaban J connectivity index is 1.93. The summed E-state index contributed by atoms with van der Waals surface area (Å²) in [5.74, 6) is 2.96. The molecule has 3 rings (SSSR count). The maximum absolute atomic E-state index is 6.28. The standard InChI is InChI=1S/C14H20ClN5/c1-10-3-5-14(8-15,6-4-10)19-12-7-11(2)18-13-16-9-17-20(12)13/h7,9-10,19H,3-6,8H2,1-2H3. The zero-order chi connectivity index (χ0) is 14.2. The van der Waals surface area contributed by atoms with Crippen molar-refractivity contribution in [2.75, 3.05) is 11.2 Å². The Morgan fingerprint density at radius 2 is 2.20 bits per heavy atom. The zero-order valence-electron chi connectivity index (χ0n) is 11.9. The van der Waals surface area contributed by atoms with Crippen LogP contribution >= 0.6 is 11.6 Å².